The van der Waals surface area contributed by atoms with Gasteiger partial charge in [0, 0.05) is 43.7 Å². The lowest BCUT2D eigenvalue weighted by atomic mass is 10.2. The first-order chi connectivity index (χ1) is 12.4. The molecular formula is C18H25ClN2O4S. The van der Waals surface area contributed by atoms with Crippen LogP contribution in [-0.4, -0.2) is 74.5 Å². The molecule has 1 aromatic rings. The summed E-state index contributed by atoms with van der Waals surface area (Å²) in [6.45, 7) is 3.36. The number of ether oxygens (including phenoxy) is 1. The number of rotatable bonds is 6. The summed E-state index contributed by atoms with van der Waals surface area (Å²) in [5, 5.41) is 0.668. The lowest BCUT2D eigenvalue weighted by Crippen LogP contribution is -2.52. The summed E-state index contributed by atoms with van der Waals surface area (Å²) in [5.41, 5.74) is 0. The van der Waals surface area contributed by atoms with Crippen molar-refractivity contribution in [1.29, 1.82) is 0 Å². The van der Waals surface area contributed by atoms with E-state index in [0.717, 1.165) is 25.3 Å². The van der Waals surface area contributed by atoms with Gasteiger partial charge in [-0.2, -0.15) is 0 Å². The van der Waals surface area contributed by atoms with Crippen molar-refractivity contribution < 1.29 is 17.9 Å². The average molecular weight is 401 g/mol. The lowest BCUT2D eigenvalue weighted by Gasteiger charge is -2.37. The van der Waals surface area contributed by atoms with Crippen LogP contribution in [-0.2, 0) is 14.6 Å². The second kappa shape index (κ2) is 8.59. The molecule has 1 aromatic carbocycles. The number of piperazine rings is 1. The SMILES string of the molecule is O=C(CCCOc1ccc(Cl)cc1)N1CCN(C2CCS(=O)(=O)C2)CC1. The van der Waals surface area contributed by atoms with Crippen molar-refractivity contribution in [2.24, 2.45) is 0 Å². The van der Waals surface area contributed by atoms with E-state index in [1.165, 1.54) is 0 Å². The first-order valence-corrected chi connectivity index (χ1v) is 11.2. The molecule has 2 heterocycles. The molecule has 2 saturated heterocycles. The first-order valence-electron chi connectivity index (χ1n) is 9.03. The zero-order valence-electron chi connectivity index (χ0n) is 14.8. The first kappa shape index (κ1) is 19.5. The van der Waals surface area contributed by atoms with E-state index in [2.05, 4.69) is 4.90 Å². The number of nitrogens with zero attached hydrogens (tertiary/aromatic N) is 2. The normalized spacial score (nSPS) is 23.1. The molecule has 1 atom stereocenters. The second-order valence-corrected chi connectivity index (χ2v) is 9.54. The Morgan fingerprint density at radius 3 is 2.46 bits per heavy atom. The van der Waals surface area contributed by atoms with Gasteiger partial charge in [-0.15, -0.1) is 0 Å². The fourth-order valence-electron chi connectivity index (χ4n) is 3.50. The molecule has 1 amide bonds. The van der Waals surface area contributed by atoms with E-state index in [0.29, 0.717) is 43.3 Å². The van der Waals surface area contributed by atoms with E-state index >= 15 is 0 Å². The summed E-state index contributed by atoms with van der Waals surface area (Å²) in [6.07, 6.45) is 1.85. The van der Waals surface area contributed by atoms with Gasteiger partial charge in [-0.3, -0.25) is 9.69 Å². The maximum absolute atomic E-state index is 12.3. The Balaban J connectivity index is 1.34. The highest BCUT2D eigenvalue weighted by molar-refractivity contribution is 7.91. The fraction of sp³-hybridized carbons (Fsp3) is 0.611. The monoisotopic (exact) mass is 400 g/mol. The van der Waals surface area contributed by atoms with Gasteiger partial charge in [0.1, 0.15) is 5.75 Å². The number of carbonyl (C=O) groups excluding carboxylic acids is 1. The Bertz CT molecular complexity index is 715. The third-order valence-electron chi connectivity index (χ3n) is 5.01. The number of amides is 1. The number of carbonyl (C=O) groups is 1. The maximum atomic E-state index is 12.3. The van der Waals surface area contributed by atoms with E-state index in [1.807, 2.05) is 17.0 Å². The molecule has 0 saturated carbocycles. The zero-order chi connectivity index (χ0) is 18.6. The minimum Gasteiger partial charge on any atom is -0.494 e. The third kappa shape index (κ3) is 5.34. The summed E-state index contributed by atoms with van der Waals surface area (Å²) in [6, 6.07) is 7.30. The number of benzene rings is 1. The van der Waals surface area contributed by atoms with Crippen molar-refractivity contribution in [3.63, 3.8) is 0 Å². The zero-order valence-corrected chi connectivity index (χ0v) is 16.3. The van der Waals surface area contributed by atoms with Gasteiger partial charge in [0.25, 0.3) is 0 Å². The predicted molar refractivity (Wildman–Crippen MR) is 101 cm³/mol. The molecule has 2 aliphatic rings. The summed E-state index contributed by atoms with van der Waals surface area (Å²) in [7, 11) is -2.86. The molecule has 2 aliphatic heterocycles. The Kier molecular flexibility index (Phi) is 6.42. The summed E-state index contributed by atoms with van der Waals surface area (Å²) >= 11 is 5.83. The lowest BCUT2D eigenvalue weighted by molar-refractivity contribution is -0.133. The van der Waals surface area contributed by atoms with Crippen molar-refractivity contribution >= 4 is 27.3 Å². The van der Waals surface area contributed by atoms with Crippen molar-refractivity contribution in [3.05, 3.63) is 29.3 Å². The van der Waals surface area contributed by atoms with Crippen LogP contribution in [0.5, 0.6) is 5.75 Å². The van der Waals surface area contributed by atoms with Gasteiger partial charge in [-0.05, 0) is 37.1 Å². The van der Waals surface area contributed by atoms with Gasteiger partial charge in [-0.1, -0.05) is 11.6 Å². The Morgan fingerprint density at radius 1 is 1.15 bits per heavy atom. The smallest absolute Gasteiger partial charge is 0.222 e. The van der Waals surface area contributed by atoms with Gasteiger partial charge < -0.3 is 9.64 Å². The highest BCUT2D eigenvalue weighted by Crippen LogP contribution is 2.20. The largest absolute Gasteiger partial charge is 0.494 e. The van der Waals surface area contributed by atoms with Crippen LogP contribution in [0.4, 0.5) is 0 Å². The Labute approximate surface area is 160 Å². The summed E-state index contributed by atoms with van der Waals surface area (Å²) in [4.78, 5) is 16.4. The minimum atomic E-state index is -2.86. The van der Waals surface area contributed by atoms with Crippen LogP contribution >= 0.6 is 11.6 Å². The van der Waals surface area contributed by atoms with E-state index in [9.17, 15) is 13.2 Å². The molecule has 2 fully saturated rings. The topological polar surface area (TPSA) is 66.9 Å². The van der Waals surface area contributed by atoms with Gasteiger partial charge in [0.15, 0.2) is 9.84 Å². The van der Waals surface area contributed by atoms with Crippen molar-refractivity contribution in [2.45, 2.75) is 25.3 Å². The fourth-order valence-corrected chi connectivity index (χ4v) is 5.39. The van der Waals surface area contributed by atoms with Gasteiger partial charge >= 0.3 is 0 Å². The summed E-state index contributed by atoms with van der Waals surface area (Å²) in [5.74, 6) is 1.46. The number of hydrogen-bond donors (Lipinski definition) is 0. The van der Waals surface area contributed by atoms with Crippen LogP contribution in [0.3, 0.4) is 0 Å². The van der Waals surface area contributed by atoms with Crippen molar-refractivity contribution in [2.75, 3.05) is 44.3 Å². The Morgan fingerprint density at radius 2 is 1.85 bits per heavy atom. The molecule has 144 valence electrons. The minimum absolute atomic E-state index is 0.130. The quantitative estimate of drug-likeness (QED) is 0.681. The van der Waals surface area contributed by atoms with Gasteiger partial charge in [-0.25, -0.2) is 8.42 Å². The molecule has 0 spiro atoms. The molecular weight excluding hydrogens is 376 g/mol. The molecule has 0 aromatic heterocycles. The second-order valence-electron chi connectivity index (χ2n) is 6.88. The summed E-state index contributed by atoms with van der Waals surface area (Å²) < 4.78 is 28.8. The average Bonchev–Trinajstić information content (AvgIpc) is 3.00. The van der Waals surface area contributed by atoms with E-state index in [4.69, 9.17) is 16.3 Å². The maximum Gasteiger partial charge on any atom is 0.222 e. The standard InChI is InChI=1S/C18H25ClN2O4S/c19-15-3-5-17(6-4-15)25-12-1-2-18(22)21-10-8-20(9-11-21)16-7-13-26(23,24)14-16/h3-6,16H,1-2,7-14H2. The molecule has 0 bridgehead atoms. The molecule has 26 heavy (non-hydrogen) atoms. The molecule has 3 rings (SSSR count). The Hall–Kier alpha value is -1.31. The van der Waals surface area contributed by atoms with Crippen LogP contribution in [0.25, 0.3) is 0 Å². The third-order valence-corrected chi connectivity index (χ3v) is 7.01. The van der Waals surface area contributed by atoms with Crippen LogP contribution in [0.1, 0.15) is 19.3 Å². The van der Waals surface area contributed by atoms with Gasteiger partial charge in [0.2, 0.25) is 5.91 Å². The highest BCUT2D eigenvalue weighted by atomic mass is 35.5. The molecule has 8 heteroatoms. The number of halogens is 1. The molecule has 6 nitrogen and oxygen atoms in total. The van der Waals surface area contributed by atoms with Crippen molar-refractivity contribution in [3.8, 4) is 5.75 Å². The van der Waals surface area contributed by atoms with Crippen molar-refractivity contribution in [1.82, 2.24) is 9.80 Å². The van der Waals surface area contributed by atoms with E-state index in [1.54, 1.807) is 12.1 Å². The molecule has 0 N–H and O–H groups in total. The van der Waals surface area contributed by atoms with Crippen LogP contribution < -0.4 is 4.74 Å². The van der Waals surface area contributed by atoms with Gasteiger partial charge in [0.05, 0.1) is 18.1 Å². The molecule has 0 radical (unpaired) electrons. The van der Waals surface area contributed by atoms with E-state index < -0.39 is 9.84 Å². The molecule has 1 unspecified atom stereocenters. The highest BCUT2D eigenvalue weighted by Gasteiger charge is 2.34. The van der Waals surface area contributed by atoms with Crippen LogP contribution in [0.15, 0.2) is 24.3 Å². The van der Waals surface area contributed by atoms with E-state index in [-0.39, 0.29) is 17.7 Å². The number of sulfone groups is 1. The number of hydrogen-bond acceptors (Lipinski definition) is 5. The van der Waals surface area contributed by atoms with Crippen LogP contribution in [0.2, 0.25) is 5.02 Å². The molecule has 0 aliphatic carbocycles. The predicted octanol–water partition coefficient (Wildman–Crippen LogP) is 1.83. The van der Waals surface area contributed by atoms with Crippen LogP contribution in [0, 0.1) is 0 Å².